The maximum absolute atomic E-state index is 11.8. The first-order chi connectivity index (χ1) is 10.5. The molecule has 0 radical (unpaired) electrons. The lowest BCUT2D eigenvalue weighted by molar-refractivity contribution is -0.384. The summed E-state index contributed by atoms with van der Waals surface area (Å²) in [5.74, 6) is 0.494. The van der Waals surface area contributed by atoms with Gasteiger partial charge in [0.15, 0.2) is 5.82 Å². The van der Waals surface area contributed by atoms with E-state index in [4.69, 9.17) is 4.52 Å². The minimum Gasteiger partial charge on any atom is -0.341 e. The van der Waals surface area contributed by atoms with E-state index in [1.807, 2.05) is 0 Å². The van der Waals surface area contributed by atoms with Crippen molar-refractivity contribution in [1.29, 1.82) is 0 Å². The largest absolute Gasteiger partial charge is 0.341 e. The van der Waals surface area contributed by atoms with Crippen LogP contribution in [-0.4, -0.2) is 21.0 Å². The predicted molar refractivity (Wildman–Crippen MR) is 77.7 cm³/mol. The van der Waals surface area contributed by atoms with Gasteiger partial charge >= 0.3 is 0 Å². The molecule has 0 bridgehead atoms. The minimum absolute atomic E-state index is 0.00184. The van der Waals surface area contributed by atoms with Crippen LogP contribution >= 0.6 is 0 Å². The number of nitro benzene ring substituents is 1. The summed E-state index contributed by atoms with van der Waals surface area (Å²) in [5, 5.41) is 16.9. The van der Waals surface area contributed by atoms with Crippen molar-refractivity contribution >= 4 is 17.7 Å². The summed E-state index contributed by atoms with van der Waals surface area (Å²) in [6, 6.07) is 5.47. The highest BCUT2D eigenvalue weighted by atomic mass is 16.6. The molecule has 0 aliphatic carbocycles. The Morgan fingerprint density at radius 2 is 2.09 bits per heavy atom. The van der Waals surface area contributed by atoms with Crippen LogP contribution in [0.5, 0.6) is 0 Å². The van der Waals surface area contributed by atoms with Crippen molar-refractivity contribution in [1.82, 2.24) is 15.5 Å². The smallest absolute Gasteiger partial charge is 0.269 e. The Morgan fingerprint density at radius 1 is 1.41 bits per heavy atom. The summed E-state index contributed by atoms with van der Waals surface area (Å²) in [5.41, 5.74) is 0.684. The zero-order valence-electron chi connectivity index (χ0n) is 12.0. The van der Waals surface area contributed by atoms with E-state index >= 15 is 0 Å². The van der Waals surface area contributed by atoms with Crippen LogP contribution in [0.25, 0.3) is 6.08 Å². The number of non-ortho nitro benzene ring substituents is 1. The van der Waals surface area contributed by atoms with Gasteiger partial charge in [0, 0.05) is 18.2 Å². The molecule has 2 aromatic rings. The van der Waals surface area contributed by atoms with Gasteiger partial charge in [-0.3, -0.25) is 14.9 Å². The van der Waals surface area contributed by atoms with Crippen molar-refractivity contribution in [3.63, 3.8) is 0 Å². The third-order valence-electron chi connectivity index (χ3n) is 2.80. The fourth-order valence-corrected chi connectivity index (χ4v) is 1.69. The lowest BCUT2D eigenvalue weighted by Gasteiger charge is -2.06. The molecule has 1 atom stereocenters. The average molecular weight is 302 g/mol. The topological polar surface area (TPSA) is 111 Å². The van der Waals surface area contributed by atoms with Gasteiger partial charge in [0.05, 0.1) is 4.92 Å². The Bertz CT molecular complexity index is 706. The number of nitrogens with zero attached hydrogens (tertiary/aromatic N) is 3. The average Bonchev–Trinajstić information content (AvgIpc) is 2.92. The van der Waals surface area contributed by atoms with Crippen molar-refractivity contribution < 1.29 is 14.2 Å². The fourth-order valence-electron chi connectivity index (χ4n) is 1.69. The third kappa shape index (κ3) is 3.98. The van der Waals surface area contributed by atoms with Crippen molar-refractivity contribution in [2.75, 3.05) is 0 Å². The number of nitro groups is 1. The molecular weight excluding hydrogens is 288 g/mol. The van der Waals surface area contributed by atoms with Crippen LogP contribution in [0.3, 0.4) is 0 Å². The molecule has 1 unspecified atom stereocenters. The molecule has 0 aliphatic rings. The first-order valence-electron chi connectivity index (χ1n) is 6.49. The Morgan fingerprint density at radius 3 is 2.64 bits per heavy atom. The number of carbonyl (C=O) groups excluding carboxylic acids is 1. The Balaban J connectivity index is 1.94. The Hall–Kier alpha value is -3.03. The lowest BCUT2D eigenvalue weighted by atomic mass is 10.2. The van der Waals surface area contributed by atoms with Gasteiger partial charge in [0.1, 0.15) is 6.04 Å². The zero-order chi connectivity index (χ0) is 16.1. The Labute approximate surface area is 126 Å². The first kappa shape index (κ1) is 15.4. The number of benzene rings is 1. The monoisotopic (exact) mass is 302 g/mol. The summed E-state index contributed by atoms with van der Waals surface area (Å²) in [7, 11) is 0. The van der Waals surface area contributed by atoms with Crippen molar-refractivity contribution in [2.45, 2.75) is 19.9 Å². The Kier molecular flexibility index (Phi) is 4.62. The fraction of sp³-hybridized carbons (Fsp3) is 0.214. The highest BCUT2D eigenvalue weighted by Crippen LogP contribution is 2.13. The number of aryl methyl sites for hydroxylation is 1. The molecule has 0 saturated heterocycles. The van der Waals surface area contributed by atoms with Gasteiger partial charge in [-0.1, -0.05) is 5.16 Å². The van der Waals surface area contributed by atoms with E-state index in [0.717, 1.165) is 0 Å². The second-order valence-corrected chi connectivity index (χ2v) is 4.59. The number of carbonyl (C=O) groups is 1. The molecule has 0 saturated carbocycles. The van der Waals surface area contributed by atoms with Crippen LogP contribution in [0.1, 0.15) is 30.2 Å². The van der Waals surface area contributed by atoms with E-state index in [0.29, 0.717) is 17.3 Å². The summed E-state index contributed by atoms with van der Waals surface area (Å²) in [6.07, 6.45) is 2.89. The van der Waals surface area contributed by atoms with Crippen LogP contribution < -0.4 is 5.32 Å². The van der Waals surface area contributed by atoms with Crippen LogP contribution in [0.15, 0.2) is 34.9 Å². The molecule has 1 amide bonds. The molecule has 0 aliphatic heterocycles. The molecule has 8 heteroatoms. The maximum atomic E-state index is 11.8. The van der Waals surface area contributed by atoms with Crippen LogP contribution in [0, 0.1) is 17.0 Å². The van der Waals surface area contributed by atoms with E-state index in [1.165, 1.54) is 18.2 Å². The lowest BCUT2D eigenvalue weighted by Crippen LogP contribution is -2.24. The molecule has 0 spiro atoms. The first-order valence-corrected chi connectivity index (χ1v) is 6.49. The predicted octanol–water partition coefficient (Wildman–Crippen LogP) is 2.18. The quantitative estimate of drug-likeness (QED) is 0.514. The van der Waals surface area contributed by atoms with Gasteiger partial charge < -0.3 is 9.84 Å². The molecule has 2 rings (SSSR count). The molecule has 8 nitrogen and oxygen atoms in total. The molecule has 114 valence electrons. The highest BCUT2D eigenvalue weighted by Gasteiger charge is 2.14. The summed E-state index contributed by atoms with van der Waals surface area (Å²) in [6.45, 7) is 3.42. The maximum Gasteiger partial charge on any atom is 0.269 e. The van der Waals surface area contributed by atoms with Gasteiger partial charge in [0.25, 0.3) is 5.69 Å². The second kappa shape index (κ2) is 6.61. The van der Waals surface area contributed by atoms with E-state index in [2.05, 4.69) is 15.5 Å². The van der Waals surface area contributed by atoms with E-state index in [9.17, 15) is 14.9 Å². The number of hydrogen-bond donors (Lipinski definition) is 1. The van der Waals surface area contributed by atoms with Crippen LogP contribution in [0.2, 0.25) is 0 Å². The van der Waals surface area contributed by atoms with Crippen molar-refractivity contribution in [3.8, 4) is 0 Å². The number of amides is 1. The van der Waals surface area contributed by atoms with Crippen molar-refractivity contribution in [2.24, 2.45) is 0 Å². The van der Waals surface area contributed by atoms with E-state index < -0.39 is 11.0 Å². The van der Waals surface area contributed by atoms with Gasteiger partial charge in [-0.05, 0) is 37.6 Å². The molecule has 1 heterocycles. The van der Waals surface area contributed by atoms with Gasteiger partial charge in [-0.2, -0.15) is 4.98 Å². The normalized spacial score (nSPS) is 12.3. The summed E-state index contributed by atoms with van der Waals surface area (Å²) >= 11 is 0. The molecule has 0 fully saturated rings. The van der Waals surface area contributed by atoms with E-state index in [-0.39, 0.29) is 11.6 Å². The second-order valence-electron chi connectivity index (χ2n) is 4.59. The van der Waals surface area contributed by atoms with Gasteiger partial charge in [-0.15, -0.1) is 0 Å². The van der Waals surface area contributed by atoms with Crippen LogP contribution in [0.4, 0.5) is 5.69 Å². The van der Waals surface area contributed by atoms with E-state index in [1.54, 1.807) is 32.1 Å². The highest BCUT2D eigenvalue weighted by molar-refractivity contribution is 5.91. The zero-order valence-corrected chi connectivity index (χ0v) is 12.0. The standard InChI is InChI=1S/C14H14N4O4/c1-9(14-16-10(2)17-22-14)15-13(19)8-5-11-3-6-12(7-4-11)18(20)21/h3-9H,1-2H3,(H,15,19). The summed E-state index contributed by atoms with van der Waals surface area (Å²) < 4.78 is 4.96. The number of nitrogens with one attached hydrogen (secondary N) is 1. The van der Waals surface area contributed by atoms with Crippen LogP contribution in [-0.2, 0) is 4.79 Å². The molecule has 22 heavy (non-hydrogen) atoms. The summed E-state index contributed by atoms with van der Waals surface area (Å²) in [4.78, 5) is 25.9. The molecule has 1 aromatic heterocycles. The number of aromatic nitrogens is 2. The number of rotatable bonds is 5. The van der Waals surface area contributed by atoms with Crippen molar-refractivity contribution in [3.05, 3.63) is 57.7 Å². The molecule has 1 N–H and O–H groups in total. The minimum atomic E-state index is -0.478. The third-order valence-corrected chi connectivity index (χ3v) is 2.80. The number of hydrogen-bond acceptors (Lipinski definition) is 6. The SMILES string of the molecule is Cc1noc(C(C)NC(=O)C=Cc2ccc([N+](=O)[O-])cc2)n1. The molecular formula is C14H14N4O4. The molecule has 1 aromatic carbocycles. The van der Waals surface area contributed by atoms with Gasteiger partial charge in [0.2, 0.25) is 11.8 Å². The van der Waals surface area contributed by atoms with Gasteiger partial charge in [-0.25, -0.2) is 0 Å².